The molecule has 45 atom stereocenters. The van der Waals surface area contributed by atoms with Gasteiger partial charge in [0, 0.05) is 13.8 Å². The van der Waals surface area contributed by atoms with Crippen LogP contribution in [0.2, 0.25) is 0 Å². The molecule has 45 heteroatoms. The molecule has 9 fully saturated rings. The first-order valence-corrected chi connectivity index (χ1v) is 33.2. The third-order valence-electron chi connectivity index (χ3n) is 19.5. The molecule has 0 aromatic rings. The fourth-order valence-corrected chi connectivity index (χ4v) is 13.6. The van der Waals surface area contributed by atoms with Crippen molar-refractivity contribution in [1.82, 2.24) is 10.6 Å². The molecule has 9 rings (SSSR count). The van der Waals surface area contributed by atoms with Crippen molar-refractivity contribution in [2.75, 3.05) is 39.6 Å². The Balaban J connectivity index is 1.06. The average molecular weight is 1510 g/mol. The maximum absolute atomic E-state index is 13.6. The second-order valence-corrected chi connectivity index (χ2v) is 26.6. The number of amides is 2. The van der Waals surface area contributed by atoms with Crippen molar-refractivity contribution in [3.05, 3.63) is 0 Å². The lowest BCUT2D eigenvalue weighted by atomic mass is 9.93. The molecule has 0 bridgehead atoms. The van der Waals surface area contributed by atoms with Crippen LogP contribution in [0.15, 0.2) is 0 Å². The van der Waals surface area contributed by atoms with Crippen LogP contribution < -0.4 is 10.6 Å². The van der Waals surface area contributed by atoms with Gasteiger partial charge < -0.3 is 214 Å². The molecule has 0 aromatic heterocycles. The zero-order chi connectivity index (χ0) is 75.8. The topological polar surface area (TPSA) is 701 Å². The number of aliphatic hydroxyl groups is 24. The van der Waals surface area contributed by atoms with Gasteiger partial charge in [0.1, 0.15) is 201 Å². The number of hydrogen-bond acceptors (Lipinski definition) is 43. The van der Waals surface area contributed by atoms with E-state index in [0.717, 1.165) is 13.8 Å². The molecule has 9 aliphatic heterocycles. The molecule has 0 saturated carbocycles. The van der Waals surface area contributed by atoms with Gasteiger partial charge in [0.15, 0.2) is 56.6 Å². The SMILES string of the molecule is CC(=O)N[C@@H]1[C@H](O[C@H]2[C@@H](O)[C@@H](CO)O[C@@H](O[C@H]3[C@H](O[C@@H]4O[C@@H](C)[C@@H](O)[C@@H](O)[C@@H]4O)[C@@H](NC(C)=O)[C@H](O[C@@H]4[C@H](O)[C@@H](O)[C@H](O[C@H]5[C@H](O)[C@@H](O)C(O)O[C@@H]5CO)O[C@@H]4CO)O[C@@H]3CO)[C@@H]2O)O[C@H](CO)[C@@H](O[C@@H]2O[C@@H](C)[C@@H](O)[C@@H](O)[C@@H]2O)[C@@H]1O[C@@H]1O[C@H](CO)[C@H](O)[C@H](O)[C@H]1O[C@@H]1O[C@@H](C)[C@@H](O)[C@@H](O)[C@@H]1O. The molecule has 0 radical (unpaired) electrons. The predicted molar refractivity (Wildman–Crippen MR) is 316 cm³/mol. The van der Waals surface area contributed by atoms with E-state index in [4.69, 9.17) is 80.5 Å². The number of nitrogens with one attached hydrogen (secondary N) is 2. The molecule has 0 spiro atoms. The minimum Gasteiger partial charge on any atom is -0.394 e. The van der Waals surface area contributed by atoms with E-state index in [2.05, 4.69) is 10.6 Å². The van der Waals surface area contributed by atoms with Crippen LogP contribution in [0.4, 0.5) is 0 Å². The second kappa shape index (κ2) is 36.0. The maximum atomic E-state index is 13.6. The Kier molecular flexibility index (Phi) is 29.5. The Morgan fingerprint density at radius 1 is 0.252 bits per heavy atom. The number of carbonyl (C=O) groups excluding carboxylic acids is 2. The van der Waals surface area contributed by atoms with Gasteiger partial charge in [-0.05, 0) is 20.8 Å². The first-order chi connectivity index (χ1) is 48.6. The van der Waals surface area contributed by atoms with Crippen molar-refractivity contribution in [2.24, 2.45) is 0 Å². The van der Waals surface area contributed by atoms with Crippen LogP contribution in [0.1, 0.15) is 34.6 Å². The van der Waals surface area contributed by atoms with Crippen molar-refractivity contribution in [2.45, 2.75) is 311 Å². The van der Waals surface area contributed by atoms with E-state index in [1.807, 2.05) is 0 Å². The van der Waals surface area contributed by atoms with Gasteiger partial charge in [-0.3, -0.25) is 9.59 Å². The predicted octanol–water partition coefficient (Wildman–Crippen LogP) is -17.3. The molecule has 103 heavy (non-hydrogen) atoms. The highest BCUT2D eigenvalue weighted by atomic mass is 16.8. The van der Waals surface area contributed by atoms with E-state index in [1.165, 1.54) is 20.8 Å². The molecular formula is C58H98N2O43. The Hall–Kier alpha value is -2.70. The molecule has 598 valence electrons. The highest BCUT2D eigenvalue weighted by Gasteiger charge is 2.62. The van der Waals surface area contributed by atoms with E-state index < -0.39 is 328 Å². The van der Waals surface area contributed by atoms with Crippen molar-refractivity contribution < 1.29 is 213 Å². The summed E-state index contributed by atoms with van der Waals surface area (Å²) in [7, 11) is 0. The fourth-order valence-electron chi connectivity index (χ4n) is 13.6. The maximum Gasteiger partial charge on any atom is 0.217 e. The minimum absolute atomic E-state index is 0.931. The zero-order valence-electron chi connectivity index (χ0n) is 55.7. The quantitative estimate of drug-likeness (QED) is 0.0427. The summed E-state index contributed by atoms with van der Waals surface area (Å²) in [4.78, 5) is 26.9. The summed E-state index contributed by atoms with van der Waals surface area (Å²) >= 11 is 0. The summed E-state index contributed by atoms with van der Waals surface area (Å²) in [5, 5.41) is 269. The molecule has 0 aliphatic carbocycles. The molecule has 9 heterocycles. The molecule has 45 nitrogen and oxygen atoms in total. The van der Waals surface area contributed by atoms with Crippen LogP contribution in [-0.2, 0) is 90.1 Å². The summed E-state index contributed by atoms with van der Waals surface area (Å²) in [6.07, 6.45) is -85.9. The lowest BCUT2D eigenvalue weighted by Crippen LogP contribution is -2.72. The number of ether oxygens (including phenoxy) is 17. The fraction of sp³-hybridized carbons (Fsp3) is 0.966. The van der Waals surface area contributed by atoms with Crippen molar-refractivity contribution >= 4 is 11.8 Å². The number of hydrogen-bond donors (Lipinski definition) is 26. The van der Waals surface area contributed by atoms with Crippen molar-refractivity contribution in [3.8, 4) is 0 Å². The molecule has 9 saturated heterocycles. The van der Waals surface area contributed by atoms with Crippen LogP contribution in [0, 0.1) is 0 Å². The van der Waals surface area contributed by atoms with Crippen LogP contribution >= 0.6 is 0 Å². The highest BCUT2D eigenvalue weighted by Crippen LogP contribution is 2.41. The number of rotatable bonds is 24. The number of carbonyl (C=O) groups is 2. The zero-order valence-corrected chi connectivity index (χ0v) is 55.7. The Morgan fingerprint density at radius 2 is 0.524 bits per heavy atom. The van der Waals surface area contributed by atoms with Gasteiger partial charge in [0.05, 0.1) is 58.0 Å². The Bertz CT molecular complexity index is 2660. The van der Waals surface area contributed by atoms with Gasteiger partial charge in [-0.2, -0.15) is 0 Å². The highest BCUT2D eigenvalue weighted by molar-refractivity contribution is 5.73. The van der Waals surface area contributed by atoms with Gasteiger partial charge in [0.25, 0.3) is 0 Å². The van der Waals surface area contributed by atoms with Crippen LogP contribution in [-0.4, -0.2) is 450 Å². The van der Waals surface area contributed by atoms with Gasteiger partial charge in [-0.15, -0.1) is 0 Å². The standard InChI is InChI=1S/C58H98N2O43/c1-12-25(69)30(74)37(81)53(87-12)98-45-22(11-66)94-52(24(60-16(5)68)47(45)101-58-49(33(77)28(72)17(6-61)92-58)103-55-39(83)32(76)27(71)14(3)89-55)102-48-29(73)18(7-62)91-57(41(48)85)99-44-21(10-65)93-51(23(59-15(4)67)46(44)100-54-38(82)31(75)26(70)13(2)88-54)96-43-20(9-64)95-56(40(84)35(43)79)97-42-19(8-63)90-50(86)36(80)34(42)78/h12-14,17-58,61-66,69-86H,6-11H2,1-5H3,(H,59,67)(H,60,68)/t12-,13-,14-,17+,18+,19+,20+,21+,22+,23+,24-,25+,26+,27+,28-,29-,30+,31+,32+,33-,34+,35+,36+,37-,38-,39-,40+,41+,42+,43-,44+,45+,46+,47+,48-,49+,50?,51-,52-,53-,54-,55-,56-,57-,58-/m0/s1. The van der Waals surface area contributed by atoms with Crippen molar-refractivity contribution in [3.63, 3.8) is 0 Å². The van der Waals surface area contributed by atoms with Gasteiger partial charge in [-0.1, -0.05) is 0 Å². The molecule has 9 aliphatic rings. The van der Waals surface area contributed by atoms with E-state index in [1.54, 1.807) is 0 Å². The summed E-state index contributed by atoms with van der Waals surface area (Å²) in [6.45, 7) is -1.10. The molecule has 26 N–H and O–H groups in total. The lowest BCUT2D eigenvalue weighted by molar-refractivity contribution is -0.403. The monoisotopic (exact) mass is 1510 g/mol. The lowest BCUT2D eigenvalue weighted by Gasteiger charge is -2.53. The van der Waals surface area contributed by atoms with Crippen LogP contribution in [0.5, 0.6) is 0 Å². The van der Waals surface area contributed by atoms with Gasteiger partial charge in [0.2, 0.25) is 11.8 Å². The molecule has 2 amide bonds. The summed E-state index contributed by atoms with van der Waals surface area (Å²) in [6, 6.07) is -4.01. The van der Waals surface area contributed by atoms with Crippen LogP contribution in [0.25, 0.3) is 0 Å². The largest absolute Gasteiger partial charge is 0.394 e. The minimum atomic E-state index is -2.49. The Labute approximate surface area is 584 Å². The molecule has 1 unspecified atom stereocenters. The summed E-state index contributed by atoms with van der Waals surface area (Å²) < 4.78 is 102. The van der Waals surface area contributed by atoms with Gasteiger partial charge >= 0.3 is 0 Å². The molecular weight excluding hydrogens is 1410 g/mol. The van der Waals surface area contributed by atoms with E-state index >= 15 is 0 Å². The Morgan fingerprint density at radius 3 is 0.942 bits per heavy atom. The smallest absolute Gasteiger partial charge is 0.217 e. The number of aliphatic hydroxyl groups excluding tert-OH is 24. The summed E-state index contributed by atoms with van der Waals surface area (Å²) in [5.41, 5.74) is 0. The average Bonchev–Trinajstić information content (AvgIpc) is 0.767. The first-order valence-electron chi connectivity index (χ1n) is 33.2. The third-order valence-corrected chi connectivity index (χ3v) is 19.5. The third kappa shape index (κ3) is 17.9. The second-order valence-electron chi connectivity index (χ2n) is 26.6. The summed E-state index contributed by atoms with van der Waals surface area (Å²) in [5.74, 6) is -1.97. The van der Waals surface area contributed by atoms with E-state index in [-0.39, 0.29) is 0 Å². The van der Waals surface area contributed by atoms with E-state index in [0.29, 0.717) is 0 Å². The van der Waals surface area contributed by atoms with Gasteiger partial charge in [-0.25, -0.2) is 0 Å². The molecule has 0 aromatic carbocycles. The van der Waals surface area contributed by atoms with Crippen LogP contribution in [0.3, 0.4) is 0 Å². The van der Waals surface area contributed by atoms with E-state index in [9.17, 15) is 132 Å². The van der Waals surface area contributed by atoms with Crippen molar-refractivity contribution in [1.29, 1.82) is 0 Å². The first kappa shape index (κ1) is 84.3. The normalized spacial score (nSPS) is 52.3.